The zero-order valence-electron chi connectivity index (χ0n) is 13.0. The molecule has 1 atom stereocenters. The van der Waals surface area contributed by atoms with Crippen molar-refractivity contribution in [1.82, 2.24) is 25.2 Å². The molecule has 0 fully saturated rings. The summed E-state index contributed by atoms with van der Waals surface area (Å²) in [7, 11) is 1.72. The number of aromatic nitrogens is 3. The van der Waals surface area contributed by atoms with Crippen LogP contribution in [0, 0.1) is 0 Å². The number of thiazole rings is 1. The van der Waals surface area contributed by atoms with Crippen molar-refractivity contribution in [3.05, 3.63) is 29.2 Å². The molecule has 2 N–H and O–H groups in total. The molecule has 0 bridgehead atoms. The van der Waals surface area contributed by atoms with Gasteiger partial charge in [0.25, 0.3) is 5.91 Å². The molecular weight excluding hydrogens is 318 g/mol. The van der Waals surface area contributed by atoms with Gasteiger partial charge in [0.05, 0.1) is 17.9 Å². The van der Waals surface area contributed by atoms with Crippen molar-refractivity contribution in [3.63, 3.8) is 0 Å². The van der Waals surface area contributed by atoms with Crippen molar-refractivity contribution in [2.24, 2.45) is 0 Å². The van der Waals surface area contributed by atoms with Crippen LogP contribution in [-0.2, 0) is 0 Å². The lowest BCUT2D eigenvalue weighted by Gasteiger charge is -2.13. The van der Waals surface area contributed by atoms with E-state index in [1.165, 1.54) is 29.9 Å². The fourth-order valence-corrected chi connectivity index (χ4v) is 2.81. The molecule has 2 heterocycles. The van der Waals surface area contributed by atoms with Gasteiger partial charge in [-0.05, 0) is 13.8 Å². The van der Waals surface area contributed by atoms with Crippen molar-refractivity contribution in [3.8, 4) is 10.7 Å². The summed E-state index contributed by atoms with van der Waals surface area (Å²) < 4.78 is 0. The Hall–Kier alpha value is -2.55. The van der Waals surface area contributed by atoms with Crippen LogP contribution in [0.3, 0.4) is 0 Å². The lowest BCUT2D eigenvalue weighted by molar-refractivity contribution is 0.0807. The third-order valence-electron chi connectivity index (χ3n) is 3.22. The SMILES string of the molecule is CCN(C)C(=O)c1cnc(-c2nccnc2[C@H](C)NC(=O)O)s1. The maximum Gasteiger partial charge on any atom is 0.405 e. The minimum atomic E-state index is -1.14. The number of carbonyl (C=O) groups is 2. The monoisotopic (exact) mass is 335 g/mol. The second-order valence-corrected chi connectivity index (χ2v) is 5.84. The summed E-state index contributed by atoms with van der Waals surface area (Å²) in [5, 5.41) is 11.7. The van der Waals surface area contributed by atoms with Crippen molar-refractivity contribution in [1.29, 1.82) is 0 Å². The number of nitrogens with one attached hydrogen (secondary N) is 1. The third-order valence-corrected chi connectivity index (χ3v) is 4.21. The molecule has 0 aliphatic rings. The van der Waals surface area contributed by atoms with E-state index in [2.05, 4.69) is 20.3 Å². The molecule has 0 unspecified atom stereocenters. The van der Waals surface area contributed by atoms with Gasteiger partial charge in [-0.2, -0.15) is 0 Å². The summed E-state index contributed by atoms with van der Waals surface area (Å²) >= 11 is 1.21. The van der Waals surface area contributed by atoms with Crippen molar-refractivity contribution in [2.45, 2.75) is 19.9 Å². The van der Waals surface area contributed by atoms with Crippen LogP contribution in [0.1, 0.15) is 35.3 Å². The molecule has 23 heavy (non-hydrogen) atoms. The molecule has 0 saturated carbocycles. The van der Waals surface area contributed by atoms with Crippen LogP contribution < -0.4 is 5.32 Å². The van der Waals surface area contributed by atoms with Gasteiger partial charge in [-0.3, -0.25) is 14.8 Å². The molecule has 0 aromatic carbocycles. The molecule has 0 radical (unpaired) electrons. The third kappa shape index (κ3) is 3.81. The van der Waals surface area contributed by atoms with Crippen LogP contribution in [0.4, 0.5) is 4.79 Å². The van der Waals surface area contributed by atoms with Gasteiger partial charge in [0.2, 0.25) is 0 Å². The van der Waals surface area contributed by atoms with Crippen LogP contribution in [-0.4, -0.2) is 50.6 Å². The molecule has 0 aliphatic carbocycles. The van der Waals surface area contributed by atoms with Crippen molar-refractivity contribution < 1.29 is 14.7 Å². The van der Waals surface area contributed by atoms with Crippen LogP contribution in [0.5, 0.6) is 0 Å². The van der Waals surface area contributed by atoms with E-state index in [1.807, 2.05) is 6.92 Å². The Morgan fingerprint density at radius 3 is 2.70 bits per heavy atom. The maximum absolute atomic E-state index is 12.2. The molecule has 0 aliphatic heterocycles. The summed E-state index contributed by atoms with van der Waals surface area (Å²) in [6, 6.07) is -0.544. The van der Waals surface area contributed by atoms with E-state index < -0.39 is 12.1 Å². The van der Waals surface area contributed by atoms with Gasteiger partial charge >= 0.3 is 6.09 Å². The fraction of sp³-hybridized carbons (Fsp3) is 0.357. The number of carboxylic acid groups (broad SMARTS) is 1. The molecule has 2 aromatic heterocycles. The number of rotatable bonds is 5. The molecule has 122 valence electrons. The minimum absolute atomic E-state index is 0.113. The number of hydrogen-bond acceptors (Lipinski definition) is 6. The summed E-state index contributed by atoms with van der Waals surface area (Å²) in [5.41, 5.74) is 0.934. The molecular formula is C14H17N5O3S. The highest BCUT2D eigenvalue weighted by Gasteiger charge is 2.21. The van der Waals surface area contributed by atoms with Gasteiger partial charge in [-0.1, -0.05) is 0 Å². The fourth-order valence-electron chi connectivity index (χ4n) is 1.90. The maximum atomic E-state index is 12.2. The predicted molar refractivity (Wildman–Crippen MR) is 85.4 cm³/mol. The van der Waals surface area contributed by atoms with E-state index in [1.54, 1.807) is 18.9 Å². The quantitative estimate of drug-likeness (QED) is 0.865. The van der Waals surface area contributed by atoms with Crippen LogP contribution in [0.15, 0.2) is 18.6 Å². The van der Waals surface area contributed by atoms with Crippen LogP contribution >= 0.6 is 11.3 Å². The summed E-state index contributed by atoms with van der Waals surface area (Å²) in [5.74, 6) is -0.113. The summed E-state index contributed by atoms with van der Waals surface area (Å²) in [6.07, 6.45) is 3.35. The Bertz CT molecular complexity index is 718. The number of nitrogens with zero attached hydrogens (tertiary/aromatic N) is 4. The van der Waals surface area contributed by atoms with Gasteiger partial charge < -0.3 is 15.3 Å². The predicted octanol–water partition coefficient (Wildman–Crippen LogP) is 2.02. The first kappa shape index (κ1) is 16.8. The first-order chi connectivity index (χ1) is 10.9. The van der Waals surface area contributed by atoms with E-state index in [4.69, 9.17) is 5.11 Å². The smallest absolute Gasteiger partial charge is 0.405 e. The Balaban J connectivity index is 2.35. The second kappa shape index (κ2) is 7.14. The van der Waals surface area contributed by atoms with E-state index in [9.17, 15) is 9.59 Å². The number of hydrogen-bond donors (Lipinski definition) is 2. The van der Waals surface area contributed by atoms with Crippen LogP contribution in [0.25, 0.3) is 10.7 Å². The van der Waals surface area contributed by atoms with E-state index >= 15 is 0 Å². The molecule has 0 saturated heterocycles. The molecule has 0 spiro atoms. The molecule has 2 amide bonds. The standard InChI is InChI=1S/C14H17N5O3S/c1-4-19(3)13(20)9-7-17-12(23-9)11-10(15-5-6-16-11)8(2)18-14(21)22/h5-8,18H,4H2,1-3H3,(H,21,22)/t8-/m0/s1. The van der Waals surface area contributed by atoms with E-state index in [0.717, 1.165) is 0 Å². The van der Waals surface area contributed by atoms with Gasteiger partial charge in [0, 0.05) is 26.0 Å². The lowest BCUT2D eigenvalue weighted by atomic mass is 10.2. The lowest BCUT2D eigenvalue weighted by Crippen LogP contribution is -2.25. The highest BCUT2D eigenvalue weighted by atomic mass is 32.1. The van der Waals surface area contributed by atoms with E-state index in [-0.39, 0.29) is 5.91 Å². The molecule has 2 aromatic rings. The molecule has 8 nitrogen and oxygen atoms in total. The van der Waals surface area contributed by atoms with E-state index in [0.29, 0.717) is 27.8 Å². The Morgan fingerprint density at radius 2 is 2.04 bits per heavy atom. The highest BCUT2D eigenvalue weighted by molar-refractivity contribution is 7.16. The largest absolute Gasteiger partial charge is 0.465 e. The zero-order chi connectivity index (χ0) is 17.0. The van der Waals surface area contributed by atoms with Gasteiger partial charge in [0.15, 0.2) is 0 Å². The van der Waals surface area contributed by atoms with Gasteiger partial charge in [-0.15, -0.1) is 11.3 Å². The average molecular weight is 335 g/mol. The molecule has 2 rings (SSSR count). The van der Waals surface area contributed by atoms with Gasteiger partial charge in [0.1, 0.15) is 15.6 Å². The number of carbonyl (C=O) groups excluding carboxylic acids is 1. The first-order valence-electron chi connectivity index (χ1n) is 6.96. The minimum Gasteiger partial charge on any atom is -0.465 e. The zero-order valence-corrected chi connectivity index (χ0v) is 13.8. The average Bonchev–Trinajstić information content (AvgIpc) is 3.02. The number of amides is 2. The summed E-state index contributed by atoms with van der Waals surface area (Å²) in [4.78, 5) is 37.7. The molecule has 9 heteroatoms. The Morgan fingerprint density at radius 1 is 1.35 bits per heavy atom. The first-order valence-corrected chi connectivity index (χ1v) is 7.77. The van der Waals surface area contributed by atoms with Crippen molar-refractivity contribution >= 4 is 23.3 Å². The second-order valence-electron chi connectivity index (χ2n) is 4.81. The normalized spacial score (nSPS) is 11.8. The topological polar surface area (TPSA) is 108 Å². The highest BCUT2D eigenvalue weighted by Crippen LogP contribution is 2.28. The summed E-state index contributed by atoms with van der Waals surface area (Å²) in [6.45, 7) is 4.16. The van der Waals surface area contributed by atoms with Gasteiger partial charge in [-0.25, -0.2) is 9.78 Å². The van der Waals surface area contributed by atoms with Crippen LogP contribution in [0.2, 0.25) is 0 Å². The van der Waals surface area contributed by atoms with Crippen molar-refractivity contribution in [2.75, 3.05) is 13.6 Å². The Labute approximate surface area is 137 Å². The Kier molecular flexibility index (Phi) is 5.22.